The lowest BCUT2D eigenvalue weighted by Gasteiger charge is -2.16. The number of carboxylic acid groups (broad SMARTS) is 1. The smallest absolute Gasteiger partial charge is 0.345 e. The minimum absolute atomic E-state index is 0.0778. The average Bonchev–Trinajstić information content (AvgIpc) is 2.30. The molecule has 0 aliphatic heterocycles. The van der Waals surface area contributed by atoms with Crippen LogP contribution in [0, 0.1) is 5.92 Å². The number of carboxylic acids is 1. The molecule has 0 rings (SSSR count). The van der Waals surface area contributed by atoms with Gasteiger partial charge in [0.15, 0.2) is 5.12 Å². The zero-order valence-electron chi connectivity index (χ0n) is 10.7. The molecule has 0 aromatic rings. The van der Waals surface area contributed by atoms with E-state index in [1.165, 1.54) is 18.7 Å². The quantitative estimate of drug-likeness (QED) is 0.682. The second kappa shape index (κ2) is 9.27. The van der Waals surface area contributed by atoms with Crippen molar-refractivity contribution in [2.24, 2.45) is 5.92 Å². The van der Waals surface area contributed by atoms with Crippen LogP contribution in [0.25, 0.3) is 0 Å². The Labute approximate surface area is 115 Å². The fraction of sp³-hybridized carbons (Fsp3) is 0.727. The molecule has 0 amide bonds. The third kappa shape index (κ3) is 7.60. The average molecular weight is 294 g/mol. The molecular formula is C11H18O5S2. The summed E-state index contributed by atoms with van der Waals surface area (Å²) in [4.78, 5) is 33.2. The van der Waals surface area contributed by atoms with Crippen molar-refractivity contribution in [3.05, 3.63) is 0 Å². The number of rotatable bonds is 8. The van der Waals surface area contributed by atoms with E-state index >= 15 is 0 Å². The highest BCUT2D eigenvalue weighted by Crippen LogP contribution is 2.13. The Morgan fingerprint density at radius 3 is 2.33 bits per heavy atom. The summed E-state index contributed by atoms with van der Waals surface area (Å²) in [5.74, 6) is -0.904. The van der Waals surface area contributed by atoms with Gasteiger partial charge in [0.25, 0.3) is 0 Å². The molecule has 0 aliphatic rings. The van der Waals surface area contributed by atoms with Gasteiger partial charge in [-0.15, -0.1) is 0 Å². The molecule has 1 N–H and O–H groups in total. The standard InChI is InChI=1S/C11H18O5S2/c1-4-17-6-9(10(13)14)16-11(15)7(2)5-18-8(3)12/h7,9H,4-6H2,1-3H3,(H,13,14)/t7-,9+/m1/s1. The molecule has 0 unspecified atom stereocenters. The van der Waals surface area contributed by atoms with Crippen LogP contribution in [0.2, 0.25) is 0 Å². The van der Waals surface area contributed by atoms with Crippen molar-refractivity contribution in [3.63, 3.8) is 0 Å². The maximum absolute atomic E-state index is 11.6. The summed E-state index contributed by atoms with van der Waals surface area (Å²) >= 11 is 2.43. The van der Waals surface area contributed by atoms with Crippen LogP contribution in [0.15, 0.2) is 0 Å². The Kier molecular flexibility index (Phi) is 8.91. The molecule has 0 radical (unpaired) electrons. The summed E-state index contributed by atoms with van der Waals surface area (Å²) < 4.78 is 4.92. The van der Waals surface area contributed by atoms with Gasteiger partial charge < -0.3 is 9.84 Å². The van der Waals surface area contributed by atoms with Crippen molar-refractivity contribution in [2.45, 2.75) is 26.9 Å². The first-order valence-corrected chi connectivity index (χ1v) is 7.66. The summed E-state index contributed by atoms with van der Waals surface area (Å²) in [6.07, 6.45) is -1.12. The molecule has 5 nitrogen and oxygen atoms in total. The van der Waals surface area contributed by atoms with Crippen LogP contribution in [0.4, 0.5) is 0 Å². The Morgan fingerprint density at radius 2 is 1.89 bits per heavy atom. The highest BCUT2D eigenvalue weighted by atomic mass is 32.2. The molecule has 0 aromatic heterocycles. The van der Waals surface area contributed by atoms with Crippen LogP contribution in [0.3, 0.4) is 0 Å². The summed E-state index contributed by atoms with van der Waals surface area (Å²) in [7, 11) is 0. The van der Waals surface area contributed by atoms with Crippen molar-refractivity contribution in [2.75, 3.05) is 17.3 Å². The number of aliphatic carboxylic acids is 1. The van der Waals surface area contributed by atoms with E-state index in [1.807, 2.05) is 6.92 Å². The molecule has 0 fully saturated rings. The van der Waals surface area contributed by atoms with Crippen LogP contribution in [-0.2, 0) is 19.1 Å². The van der Waals surface area contributed by atoms with E-state index in [4.69, 9.17) is 9.84 Å². The summed E-state index contributed by atoms with van der Waals surface area (Å²) in [6, 6.07) is 0. The fourth-order valence-electron chi connectivity index (χ4n) is 0.947. The van der Waals surface area contributed by atoms with E-state index < -0.39 is 24.0 Å². The third-order valence-electron chi connectivity index (χ3n) is 1.95. The molecule has 18 heavy (non-hydrogen) atoms. The lowest BCUT2D eigenvalue weighted by atomic mass is 10.2. The molecule has 0 bridgehead atoms. The largest absolute Gasteiger partial charge is 0.478 e. The minimum Gasteiger partial charge on any atom is -0.478 e. The monoisotopic (exact) mass is 294 g/mol. The lowest BCUT2D eigenvalue weighted by Crippen LogP contribution is -2.32. The number of esters is 1. The van der Waals surface area contributed by atoms with E-state index in [0.29, 0.717) is 5.75 Å². The predicted molar refractivity (Wildman–Crippen MR) is 72.8 cm³/mol. The first kappa shape index (κ1) is 17.3. The molecule has 0 aromatic carbocycles. The number of ether oxygens (including phenoxy) is 1. The van der Waals surface area contributed by atoms with Gasteiger partial charge in [0, 0.05) is 18.4 Å². The van der Waals surface area contributed by atoms with Crippen LogP contribution < -0.4 is 0 Å². The second-order valence-corrected chi connectivity index (χ2v) is 6.14. The van der Waals surface area contributed by atoms with Gasteiger partial charge in [-0.25, -0.2) is 4.79 Å². The fourth-order valence-corrected chi connectivity index (χ4v) is 2.23. The first-order valence-electron chi connectivity index (χ1n) is 5.52. The summed E-state index contributed by atoms with van der Waals surface area (Å²) in [6.45, 7) is 4.93. The van der Waals surface area contributed by atoms with Crippen molar-refractivity contribution >= 4 is 40.6 Å². The number of carbonyl (C=O) groups is 3. The Balaban J connectivity index is 4.22. The van der Waals surface area contributed by atoms with E-state index in [2.05, 4.69) is 0 Å². The van der Waals surface area contributed by atoms with Gasteiger partial charge in [0.2, 0.25) is 6.10 Å². The Hall–Kier alpha value is -0.690. The van der Waals surface area contributed by atoms with Crippen molar-refractivity contribution < 1.29 is 24.2 Å². The van der Waals surface area contributed by atoms with E-state index in [0.717, 1.165) is 17.5 Å². The van der Waals surface area contributed by atoms with Crippen molar-refractivity contribution in [1.29, 1.82) is 0 Å². The minimum atomic E-state index is -1.14. The van der Waals surface area contributed by atoms with Gasteiger partial charge in [-0.3, -0.25) is 9.59 Å². The molecule has 7 heteroatoms. The number of hydrogen-bond acceptors (Lipinski definition) is 6. The molecule has 0 aliphatic carbocycles. The Bertz CT molecular complexity index is 306. The molecule has 0 saturated heterocycles. The molecular weight excluding hydrogens is 276 g/mol. The predicted octanol–water partition coefficient (Wildman–Crippen LogP) is 1.65. The second-order valence-electron chi connectivity index (χ2n) is 3.63. The van der Waals surface area contributed by atoms with E-state index in [1.54, 1.807) is 6.92 Å². The number of thioether (sulfide) groups is 2. The van der Waals surface area contributed by atoms with Crippen LogP contribution in [0.1, 0.15) is 20.8 Å². The molecule has 2 atom stereocenters. The SMILES string of the molecule is CCSC[C@H](OC(=O)[C@H](C)CSC(C)=O)C(=O)O. The topological polar surface area (TPSA) is 80.7 Å². The van der Waals surface area contributed by atoms with Crippen LogP contribution in [0.5, 0.6) is 0 Å². The van der Waals surface area contributed by atoms with Gasteiger partial charge in [-0.05, 0) is 5.75 Å². The zero-order valence-corrected chi connectivity index (χ0v) is 12.3. The van der Waals surface area contributed by atoms with Gasteiger partial charge in [0.05, 0.1) is 5.92 Å². The molecule has 0 heterocycles. The maximum Gasteiger partial charge on any atom is 0.345 e. The molecule has 104 valence electrons. The molecule has 0 saturated carbocycles. The van der Waals surface area contributed by atoms with Crippen LogP contribution in [-0.4, -0.2) is 45.5 Å². The van der Waals surface area contributed by atoms with Crippen molar-refractivity contribution in [1.82, 2.24) is 0 Å². The van der Waals surface area contributed by atoms with Gasteiger partial charge in [0.1, 0.15) is 0 Å². The number of carbonyl (C=O) groups excluding carboxylic acids is 2. The van der Waals surface area contributed by atoms with Crippen molar-refractivity contribution in [3.8, 4) is 0 Å². The summed E-state index contributed by atoms with van der Waals surface area (Å²) in [5, 5.41) is 8.82. The highest BCUT2D eigenvalue weighted by Gasteiger charge is 2.25. The van der Waals surface area contributed by atoms with Gasteiger partial charge in [-0.1, -0.05) is 25.6 Å². The van der Waals surface area contributed by atoms with Crippen LogP contribution >= 0.6 is 23.5 Å². The lowest BCUT2D eigenvalue weighted by molar-refractivity contribution is -0.164. The van der Waals surface area contributed by atoms with Gasteiger partial charge >= 0.3 is 11.9 Å². The van der Waals surface area contributed by atoms with E-state index in [-0.39, 0.29) is 10.9 Å². The first-order chi connectivity index (χ1) is 8.38. The number of hydrogen-bond donors (Lipinski definition) is 1. The van der Waals surface area contributed by atoms with Gasteiger partial charge in [-0.2, -0.15) is 11.8 Å². The maximum atomic E-state index is 11.6. The highest BCUT2D eigenvalue weighted by molar-refractivity contribution is 8.13. The summed E-state index contributed by atoms with van der Waals surface area (Å²) in [5.41, 5.74) is 0. The van der Waals surface area contributed by atoms with E-state index in [9.17, 15) is 14.4 Å². The normalized spacial score (nSPS) is 13.7. The molecule has 0 spiro atoms. The third-order valence-corrected chi connectivity index (χ3v) is 3.97. The Morgan fingerprint density at radius 1 is 1.28 bits per heavy atom. The zero-order chi connectivity index (χ0) is 14.1.